The molecule has 3 heteroatoms. The summed E-state index contributed by atoms with van der Waals surface area (Å²) in [7, 11) is 0. The van der Waals surface area contributed by atoms with Crippen LogP contribution >= 0.6 is 0 Å². The van der Waals surface area contributed by atoms with Crippen LogP contribution in [0.25, 0.3) is 0 Å². The highest BCUT2D eigenvalue weighted by molar-refractivity contribution is 5.80. The summed E-state index contributed by atoms with van der Waals surface area (Å²) in [6, 6.07) is 0.306. The zero-order chi connectivity index (χ0) is 9.35. The molecule has 1 aliphatic heterocycles. The number of nitrogens with one attached hydrogen (secondary N) is 1. The van der Waals surface area contributed by atoms with E-state index in [1.807, 2.05) is 4.90 Å². The van der Waals surface area contributed by atoms with E-state index < -0.39 is 0 Å². The van der Waals surface area contributed by atoms with E-state index in [1.165, 1.54) is 0 Å². The number of nitrogens with zero attached hydrogens (tertiary/aromatic N) is 1. The fraction of sp³-hybridized carbons (Fsp3) is 0.889. The van der Waals surface area contributed by atoms with E-state index in [2.05, 4.69) is 33.0 Å². The Hall–Kier alpha value is -0.570. The molecule has 1 fully saturated rings. The van der Waals surface area contributed by atoms with Crippen molar-refractivity contribution in [2.75, 3.05) is 13.2 Å². The minimum Gasteiger partial charge on any atom is -0.326 e. The van der Waals surface area contributed by atoms with Crippen LogP contribution in [-0.4, -0.2) is 30.1 Å². The SMILES string of the molecule is CC(N1CNCC1=O)C(C)(C)C. The lowest BCUT2D eigenvalue weighted by Gasteiger charge is -2.34. The van der Waals surface area contributed by atoms with E-state index in [1.54, 1.807) is 0 Å². The second kappa shape index (κ2) is 3.05. The minimum absolute atomic E-state index is 0.168. The fourth-order valence-electron chi connectivity index (χ4n) is 1.29. The van der Waals surface area contributed by atoms with Crippen LogP contribution in [0, 0.1) is 5.41 Å². The first kappa shape index (κ1) is 9.52. The number of hydrogen-bond acceptors (Lipinski definition) is 2. The number of carbonyl (C=O) groups excluding carboxylic acids is 1. The van der Waals surface area contributed by atoms with Crippen molar-refractivity contribution in [3.8, 4) is 0 Å². The molecule has 1 unspecified atom stereocenters. The molecule has 0 aromatic carbocycles. The normalized spacial score (nSPS) is 21.7. The minimum atomic E-state index is 0.168. The number of carbonyl (C=O) groups is 1. The summed E-state index contributed by atoms with van der Waals surface area (Å²) < 4.78 is 0. The Kier molecular flexibility index (Phi) is 2.42. The zero-order valence-electron chi connectivity index (χ0n) is 8.35. The molecule has 0 saturated carbocycles. The monoisotopic (exact) mass is 170 g/mol. The summed E-state index contributed by atoms with van der Waals surface area (Å²) in [6.45, 7) is 9.78. The van der Waals surface area contributed by atoms with Gasteiger partial charge >= 0.3 is 0 Å². The molecular formula is C9H18N2O. The fourth-order valence-corrected chi connectivity index (χ4v) is 1.29. The van der Waals surface area contributed by atoms with Crippen molar-refractivity contribution in [2.45, 2.75) is 33.7 Å². The molecule has 1 amide bonds. The summed E-state index contributed by atoms with van der Waals surface area (Å²) in [6.07, 6.45) is 0. The molecule has 1 aliphatic rings. The highest BCUT2D eigenvalue weighted by Crippen LogP contribution is 2.24. The molecule has 1 heterocycles. The lowest BCUT2D eigenvalue weighted by atomic mass is 9.87. The van der Waals surface area contributed by atoms with E-state index in [9.17, 15) is 4.79 Å². The molecule has 1 N–H and O–H groups in total. The van der Waals surface area contributed by atoms with Crippen LogP contribution in [0.15, 0.2) is 0 Å². The maximum Gasteiger partial charge on any atom is 0.237 e. The first-order chi connectivity index (χ1) is 5.43. The first-order valence-electron chi connectivity index (χ1n) is 4.43. The standard InChI is InChI=1S/C9H18N2O/c1-7(9(2,3)4)11-6-10-5-8(11)12/h7,10H,5-6H2,1-4H3. The predicted molar refractivity (Wildman–Crippen MR) is 48.6 cm³/mol. The van der Waals surface area contributed by atoms with Crippen LogP contribution in [-0.2, 0) is 4.79 Å². The third-order valence-corrected chi connectivity index (χ3v) is 2.60. The van der Waals surface area contributed by atoms with Gasteiger partial charge in [-0.3, -0.25) is 10.1 Å². The van der Waals surface area contributed by atoms with Gasteiger partial charge in [-0.25, -0.2) is 0 Å². The summed E-state index contributed by atoms with van der Waals surface area (Å²) in [4.78, 5) is 13.2. The quantitative estimate of drug-likeness (QED) is 0.631. The van der Waals surface area contributed by atoms with Gasteiger partial charge in [0.2, 0.25) is 5.91 Å². The number of amides is 1. The molecule has 1 saturated heterocycles. The Morgan fingerprint density at radius 3 is 2.42 bits per heavy atom. The Bertz CT molecular complexity index is 183. The molecule has 3 nitrogen and oxygen atoms in total. The average Bonchev–Trinajstić information content (AvgIpc) is 2.31. The molecule has 70 valence electrons. The molecular weight excluding hydrogens is 152 g/mol. The summed E-state index contributed by atoms with van der Waals surface area (Å²) >= 11 is 0. The molecule has 12 heavy (non-hydrogen) atoms. The largest absolute Gasteiger partial charge is 0.326 e. The van der Waals surface area contributed by atoms with E-state index in [0.717, 1.165) is 0 Å². The van der Waals surface area contributed by atoms with Gasteiger partial charge in [0.15, 0.2) is 0 Å². The Labute approximate surface area is 74.1 Å². The van der Waals surface area contributed by atoms with E-state index in [0.29, 0.717) is 19.3 Å². The molecule has 1 rings (SSSR count). The van der Waals surface area contributed by atoms with E-state index >= 15 is 0 Å². The van der Waals surface area contributed by atoms with Crippen LogP contribution < -0.4 is 5.32 Å². The van der Waals surface area contributed by atoms with Gasteiger partial charge in [-0.15, -0.1) is 0 Å². The summed E-state index contributed by atoms with van der Waals surface area (Å²) in [5.41, 5.74) is 0.168. The topological polar surface area (TPSA) is 32.3 Å². The van der Waals surface area contributed by atoms with E-state index in [4.69, 9.17) is 0 Å². The highest BCUT2D eigenvalue weighted by Gasteiger charge is 2.31. The van der Waals surface area contributed by atoms with Crippen LogP contribution in [0.4, 0.5) is 0 Å². The molecule has 0 spiro atoms. The summed E-state index contributed by atoms with van der Waals surface area (Å²) in [5, 5.41) is 3.05. The average molecular weight is 170 g/mol. The third kappa shape index (κ3) is 1.78. The summed E-state index contributed by atoms with van der Waals surface area (Å²) in [5.74, 6) is 0.220. The molecule has 0 radical (unpaired) electrons. The van der Waals surface area contributed by atoms with Crippen LogP contribution in [0.2, 0.25) is 0 Å². The zero-order valence-corrected chi connectivity index (χ0v) is 8.35. The van der Waals surface area contributed by atoms with Gasteiger partial charge in [0.25, 0.3) is 0 Å². The number of hydrogen-bond donors (Lipinski definition) is 1. The van der Waals surface area contributed by atoms with Crippen molar-refractivity contribution in [2.24, 2.45) is 5.41 Å². The highest BCUT2D eigenvalue weighted by atomic mass is 16.2. The van der Waals surface area contributed by atoms with Crippen LogP contribution in [0.3, 0.4) is 0 Å². The van der Waals surface area contributed by atoms with Crippen molar-refractivity contribution in [3.05, 3.63) is 0 Å². The molecule has 0 aromatic heterocycles. The Morgan fingerprint density at radius 1 is 1.50 bits per heavy atom. The van der Waals surface area contributed by atoms with Crippen molar-refractivity contribution >= 4 is 5.91 Å². The molecule has 0 aliphatic carbocycles. The van der Waals surface area contributed by atoms with Gasteiger partial charge in [-0.1, -0.05) is 20.8 Å². The van der Waals surface area contributed by atoms with Gasteiger partial charge in [-0.05, 0) is 12.3 Å². The van der Waals surface area contributed by atoms with Crippen molar-refractivity contribution < 1.29 is 4.79 Å². The molecule has 0 aromatic rings. The Balaban J connectivity index is 2.63. The van der Waals surface area contributed by atoms with Gasteiger partial charge in [0.05, 0.1) is 13.2 Å². The van der Waals surface area contributed by atoms with Crippen molar-refractivity contribution in [1.82, 2.24) is 10.2 Å². The van der Waals surface area contributed by atoms with Crippen molar-refractivity contribution in [1.29, 1.82) is 0 Å². The van der Waals surface area contributed by atoms with Gasteiger partial charge < -0.3 is 4.90 Å². The number of rotatable bonds is 1. The van der Waals surface area contributed by atoms with E-state index in [-0.39, 0.29) is 11.3 Å². The lowest BCUT2D eigenvalue weighted by Crippen LogP contribution is -2.43. The van der Waals surface area contributed by atoms with Gasteiger partial charge in [0, 0.05) is 6.04 Å². The third-order valence-electron chi connectivity index (χ3n) is 2.60. The molecule has 1 atom stereocenters. The maximum absolute atomic E-state index is 11.3. The predicted octanol–water partition coefficient (Wildman–Crippen LogP) is 0.810. The lowest BCUT2D eigenvalue weighted by molar-refractivity contribution is -0.130. The smallest absolute Gasteiger partial charge is 0.237 e. The van der Waals surface area contributed by atoms with Crippen molar-refractivity contribution in [3.63, 3.8) is 0 Å². The first-order valence-corrected chi connectivity index (χ1v) is 4.43. The maximum atomic E-state index is 11.3. The molecule has 0 bridgehead atoms. The van der Waals surface area contributed by atoms with Gasteiger partial charge in [-0.2, -0.15) is 0 Å². The van der Waals surface area contributed by atoms with Crippen LogP contribution in [0.1, 0.15) is 27.7 Å². The van der Waals surface area contributed by atoms with Crippen LogP contribution in [0.5, 0.6) is 0 Å². The second-order valence-electron chi connectivity index (χ2n) is 4.49. The second-order valence-corrected chi connectivity index (χ2v) is 4.49. The van der Waals surface area contributed by atoms with Gasteiger partial charge in [0.1, 0.15) is 0 Å². The Morgan fingerprint density at radius 2 is 2.08 bits per heavy atom.